The summed E-state index contributed by atoms with van der Waals surface area (Å²) >= 11 is 5.82. The molecule has 1 aromatic carbocycles. The van der Waals surface area contributed by atoms with E-state index in [4.69, 9.17) is 16.3 Å². The average molecular weight is 244 g/mol. The minimum atomic E-state index is -0.205. The first-order valence-corrected chi connectivity index (χ1v) is 5.88. The maximum Gasteiger partial charge on any atom is 0.127 e. The lowest BCUT2D eigenvalue weighted by molar-refractivity contribution is 0.0775. The first kappa shape index (κ1) is 11.8. The van der Waals surface area contributed by atoms with Crippen molar-refractivity contribution in [3.8, 4) is 0 Å². The van der Waals surface area contributed by atoms with Gasteiger partial charge in [0.15, 0.2) is 0 Å². The summed E-state index contributed by atoms with van der Waals surface area (Å²) in [7, 11) is 0. The van der Waals surface area contributed by atoms with Crippen LogP contribution in [0.15, 0.2) is 18.2 Å². The van der Waals surface area contributed by atoms with E-state index in [1.54, 1.807) is 12.1 Å². The molecule has 1 heterocycles. The summed E-state index contributed by atoms with van der Waals surface area (Å²) in [6.07, 6.45) is 1.98. The number of hydrogen-bond donors (Lipinski definition) is 1. The molecule has 1 saturated heterocycles. The van der Waals surface area contributed by atoms with Gasteiger partial charge in [-0.25, -0.2) is 4.39 Å². The first-order valence-electron chi connectivity index (χ1n) is 5.51. The van der Waals surface area contributed by atoms with Crippen molar-refractivity contribution in [2.24, 2.45) is 0 Å². The Labute approximate surface area is 99.7 Å². The lowest BCUT2D eigenvalue weighted by atomic mass is 10.1. The monoisotopic (exact) mass is 243 g/mol. The van der Waals surface area contributed by atoms with Crippen LogP contribution < -0.4 is 5.32 Å². The molecule has 0 aromatic heterocycles. The highest BCUT2D eigenvalue weighted by Gasteiger charge is 2.13. The molecule has 0 saturated carbocycles. The van der Waals surface area contributed by atoms with E-state index < -0.39 is 0 Å². The molecule has 4 heteroatoms. The van der Waals surface area contributed by atoms with Crippen LogP contribution in [0.25, 0.3) is 0 Å². The van der Waals surface area contributed by atoms with Crippen LogP contribution in [0.2, 0.25) is 5.02 Å². The quantitative estimate of drug-likeness (QED) is 0.882. The molecule has 0 amide bonds. The van der Waals surface area contributed by atoms with Crippen LogP contribution in [0, 0.1) is 5.82 Å². The molecule has 0 spiro atoms. The normalized spacial score (nSPS) is 17.6. The fourth-order valence-corrected chi connectivity index (χ4v) is 2.03. The van der Waals surface area contributed by atoms with E-state index in [1.807, 2.05) is 0 Å². The van der Waals surface area contributed by atoms with E-state index in [0.717, 1.165) is 26.1 Å². The van der Waals surface area contributed by atoms with Gasteiger partial charge in [0.25, 0.3) is 0 Å². The lowest BCUT2D eigenvalue weighted by Gasteiger charge is -2.23. The largest absolute Gasteiger partial charge is 0.381 e. The van der Waals surface area contributed by atoms with Gasteiger partial charge in [-0.3, -0.25) is 0 Å². The summed E-state index contributed by atoms with van der Waals surface area (Å²) in [5.74, 6) is -0.205. The van der Waals surface area contributed by atoms with Gasteiger partial charge in [0, 0.05) is 36.4 Å². The third-order valence-electron chi connectivity index (χ3n) is 2.81. The number of benzene rings is 1. The second-order valence-corrected chi connectivity index (χ2v) is 4.44. The molecule has 1 aliphatic heterocycles. The van der Waals surface area contributed by atoms with Gasteiger partial charge in [0.05, 0.1) is 0 Å². The topological polar surface area (TPSA) is 21.3 Å². The standard InChI is InChI=1S/C12H15ClFNO/c13-10-1-2-12(14)9(7-10)8-15-11-3-5-16-6-4-11/h1-2,7,11,15H,3-6,8H2. The third kappa shape index (κ3) is 3.17. The van der Waals surface area contributed by atoms with Crippen LogP contribution in [0.1, 0.15) is 18.4 Å². The average Bonchev–Trinajstić information content (AvgIpc) is 2.32. The molecular formula is C12H15ClFNO. The summed E-state index contributed by atoms with van der Waals surface area (Å²) in [5, 5.41) is 3.90. The second kappa shape index (κ2) is 5.62. The third-order valence-corrected chi connectivity index (χ3v) is 3.05. The van der Waals surface area contributed by atoms with Crippen molar-refractivity contribution in [2.45, 2.75) is 25.4 Å². The maximum absolute atomic E-state index is 13.4. The first-order chi connectivity index (χ1) is 7.75. The number of halogens is 2. The fraction of sp³-hybridized carbons (Fsp3) is 0.500. The van der Waals surface area contributed by atoms with Gasteiger partial charge in [-0.2, -0.15) is 0 Å². The Bertz CT molecular complexity index is 353. The SMILES string of the molecule is Fc1ccc(Cl)cc1CNC1CCOCC1. The van der Waals surface area contributed by atoms with Crippen molar-refractivity contribution < 1.29 is 9.13 Å². The summed E-state index contributed by atoms with van der Waals surface area (Å²) < 4.78 is 18.7. The Morgan fingerprint density at radius 1 is 1.38 bits per heavy atom. The molecule has 1 fully saturated rings. The summed E-state index contributed by atoms with van der Waals surface area (Å²) in [4.78, 5) is 0. The highest BCUT2D eigenvalue weighted by atomic mass is 35.5. The number of hydrogen-bond acceptors (Lipinski definition) is 2. The summed E-state index contributed by atoms with van der Waals surface area (Å²) in [6, 6.07) is 5.06. The highest BCUT2D eigenvalue weighted by molar-refractivity contribution is 6.30. The summed E-state index contributed by atoms with van der Waals surface area (Å²) in [6.45, 7) is 2.10. The van der Waals surface area contributed by atoms with E-state index in [9.17, 15) is 4.39 Å². The van der Waals surface area contributed by atoms with E-state index in [2.05, 4.69) is 5.32 Å². The molecule has 1 aliphatic rings. The van der Waals surface area contributed by atoms with Crippen molar-refractivity contribution in [1.29, 1.82) is 0 Å². The van der Waals surface area contributed by atoms with Gasteiger partial charge in [-0.1, -0.05) is 11.6 Å². The molecule has 0 unspecified atom stereocenters. The Morgan fingerprint density at radius 2 is 2.12 bits per heavy atom. The Balaban J connectivity index is 1.90. The number of nitrogens with one attached hydrogen (secondary N) is 1. The van der Waals surface area contributed by atoms with Crippen LogP contribution in [0.4, 0.5) is 4.39 Å². The molecule has 0 radical (unpaired) electrons. The molecule has 0 aliphatic carbocycles. The van der Waals surface area contributed by atoms with Crippen molar-refractivity contribution in [1.82, 2.24) is 5.32 Å². The van der Waals surface area contributed by atoms with Gasteiger partial charge in [-0.15, -0.1) is 0 Å². The van der Waals surface area contributed by atoms with Crippen LogP contribution >= 0.6 is 11.6 Å². The Hall–Kier alpha value is -0.640. The highest BCUT2D eigenvalue weighted by Crippen LogP contribution is 2.15. The van der Waals surface area contributed by atoms with Gasteiger partial charge < -0.3 is 10.1 Å². The van der Waals surface area contributed by atoms with Crippen LogP contribution in [0.5, 0.6) is 0 Å². The van der Waals surface area contributed by atoms with E-state index in [-0.39, 0.29) is 5.82 Å². The smallest absolute Gasteiger partial charge is 0.127 e. The van der Waals surface area contributed by atoms with Crippen molar-refractivity contribution >= 4 is 11.6 Å². The van der Waals surface area contributed by atoms with Gasteiger partial charge in [0.2, 0.25) is 0 Å². The van der Waals surface area contributed by atoms with Crippen LogP contribution in [0.3, 0.4) is 0 Å². The Kier molecular flexibility index (Phi) is 4.16. The Morgan fingerprint density at radius 3 is 2.88 bits per heavy atom. The minimum absolute atomic E-state index is 0.205. The predicted octanol–water partition coefficient (Wildman–Crippen LogP) is 2.75. The number of ether oxygens (including phenoxy) is 1. The molecule has 0 bridgehead atoms. The number of rotatable bonds is 3. The predicted molar refractivity (Wildman–Crippen MR) is 62.1 cm³/mol. The van der Waals surface area contributed by atoms with E-state index in [1.165, 1.54) is 6.07 Å². The molecular weight excluding hydrogens is 229 g/mol. The molecule has 2 nitrogen and oxygen atoms in total. The molecule has 0 atom stereocenters. The lowest BCUT2D eigenvalue weighted by Crippen LogP contribution is -2.34. The van der Waals surface area contributed by atoms with Gasteiger partial charge in [0.1, 0.15) is 5.82 Å². The molecule has 2 rings (SSSR count). The molecule has 1 aromatic rings. The second-order valence-electron chi connectivity index (χ2n) is 4.00. The van der Waals surface area contributed by atoms with E-state index >= 15 is 0 Å². The van der Waals surface area contributed by atoms with Crippen LogP contribution in [-0.2, 0) is 11.3 Å². The fourth-order valence-electron chi connectivity index (χ4n) is 1.83. The summed E-state index contributed by atoms with van der Waals surface area (Å²) in [5.41, 5.74) is 0.624. The van der Waals surface area contributed by atoms with Gasteiger partial charge in [-0.05, 0) is 31.0 Å². The molecule has 1 N–H and O–H groups in total. The molecule has 16 heavy (non-hydrogen) atoms. The minimum Gasteiger partial charge on any atom is -0.381 e. The van der Waals surface area contributed by atoms with Crippen molar-refractivity contribution in [3.05, 3.63) is 34.6 Å². The van der Waals surface area contributed by atoms with Crippen LogP contribution in [-0.4, -0.2) is 19.3 Å². The zero-order valence-corrected chi connectivity index (χ0v) is 9.77. The van der Waals surface area contributed by atoms with E-state index in [0.29, 0.717) is 23.2 Å². The van der Waals surface area contributed by atoms with Gasteiger partial charge >= 0.3 is 0 Å². The zero-order chi connectivity index (χ0) is 11.4. The molecule has 88 valence electrons. The zero-order valence-electron chi connectivity index (χ0n) is 9.01. The van der Waals surface area contributed by atoms with Crippen molar-refractivity contribution in [3.63, 3.8) is 0 Å². The maximum atomic E-state index is 13.4. The van der Waals surface area contributed by atoms with Crippen molar-refractivity contribution in [2.75, 3.05) is 13.2 Å².